The summed E-state index contributed by atoms with van der Waals surface area (Å²) in [5.74, 6) is -0.487. The molecule has 1 aromatic rings. The molecule has 2 amide bonds. The molecule has 0 aliphatic carbocycles. The molecule has 0 aromatic heterocycles. The first kappa shape index (κ1) is 21.3. The number of hydrogen-bond donors (Lipinski definition) is 2. The minimum Gasteiger partial charge on any atom is -0.482 e. The number of carbonyl (C=O) groups is 3. The molecule has 0 heterocycles. The van der Waals surface area contributed by atoms with E-state index in [0.29, 0.717) is 11.4 Å². The number of hydrogen-bond acceptors (Lipinski definition) is 6. The van der Waals surface area contributed by atoms with Crippen LogP contribution in [0.25, 0.3) is 0 Å². The smallest absolute Gasteiger partial charge is 0.408 e. The predicted octanol–water partition coefficient (Wildman–Crippen LogP) is 2.48. The van der Waals surface area contributed by atoms with Crippen molar-refractivity contribution in [3.63, 3.8) is 0 Å². The van der Waals surface area contributed by atoms with Crippen LogP contribution in [0.1, 0.15) is 34.6 Å². The van der Waals surface area contributed by atoms with E-state index < -0.39 is 29.6 Å². The number of rotatable bonds is 7. The number of amides is 2. The van der Waals surface area contributed by atoms with Crippen molar-refractivity contribution in [3.05, 3.63) is 24.3 Å². The second kappa shape index (κ2) is 9.65. The Kier molecular flexibility index (Phi) is 7.89. The SMILES string of the molecule is CCOC(=O)COc1cccc(NC(=O)C(C)NC(=O)OC(C)(C)C)c1. The van der Waals surface area contributed by atoms with E-state index in [4.69, 9.17) is 14.2 Å². The van der Waals surface area contributed by atoms with Crippen molar-refractivity contribution in [2.75, 3.05) is 18.5 Å². The maximum absolute atomic E-state index is 12.2. The number of benzene rings is 1. The van der Waals surface area contributed by atoms with Crippen LogP contribution in [0.4, 0.5) is 10.5 Å². The molecule has 0 aliphatic rings. The Bertz CT molecular complexity index is 639. The van der Waals surface area contributed by atoms with E-state index in [1.807, 2.05) is 0 Å². The first-order valence-corrected chi connectivity index (χ1v) is 8.29. The lowest BCUT2D eigenvalue weighted by molar-refractivity contribution is -0.145. The third-order valence-corrected chi connectivity index (χ3v) is 2.89. The Morgan fingerprint density at radius 1 is 1.19 bits per heavy atom. The predicted molar refractivity (Wildman–Crippen MR) is 96.0 cm³/mol. The highest BCUT2D eigenvalue weighted by atomic mass is 16.6. The minimum atomic E-state index is -0.797. The molecule has 26 heavy (non-hydrogen) atoms. The Balaban J connectivity index is 2.56. The average molecular weight is 366 g/mol. The molecule has 144 valence electrons. The van der Waals surface area contributed by atoms with Crippen LogP contribution >= 0.6 is 0 Å². The molecule has 0 saturated heterocycles. The van der Waals surface area contributed by atoms with Gasteiger partial charge in [-0.1, -0.05) is 6.07 Å². The molecule has 0 fully saturated rings. The summed E-state index contributed by atoms with van der Waals surface area (Å²) in [6, 6.07) is 5.75. The summed E-state index contributed by atoms with van der Waals surface area (Å²) in [6.07, 6.45) is -0.674. The fourth-order valence-electron chi connectivity index (χ4n) is 1.81. The fraction of sp³-hybridized carbons (Fsp3) is 0.500. The van der Waals surface area contributed by atoms with Crippen LogP contribution in [0.15, 0.2) is 24.3 Å². The highest BCUT2D eigenvalue weighted by molar-refractivity contribution is 5.96. The van der Waals surface area contributed by atoms with E-state index >= 15 is 0 Å². The molecule has 1 aromatic carbocycles. The number of nitrogens with one attached hydrogen (secondary N) is 2. The van der Waals surface area contributed by atoms with Crippen LogP contribution < -0.4 is 15.4 Å². The lowest BCUT2D eigenvalue weighted by atomic mass is 10.2. The fourth-order valence-corrected chi connectivity index (χ4v) is 1.81. The molecule has 0 aliphatic heterocycles. The molecule has 2 N–H and O–H groups in total. The molecular weight excluding hydrogens is 340 g/mol. The minimum absolute atomic E-state index is 0.220. The zero-order valence-corrected chi connectivity index (χ0v) is 15.8. The lowest BCUT2D eigenvalue weighted by Crippen LogP contribution is -2.43. The van der Waals surface area contributed by atoms with Gasteiger partial charge in [0.2, 0.25) is 5.91 Å². The number of anilines is 1. The van der Waals surface area contributed by atoms with Crippen LogP contribution in [-0.2, 0) is 19.1 Å². The molecule has 1 atom stereocenters. The zero-order chi connectivity index (χ0) is 19.7. The van der Waals surface area contributed by atoms with Crippen molar-refractivity contribution in [1.29, 1.82) is 0 Å². The van der Waals surface area contributed by atoms with Gasteiger partial charge in [0.25, 0.3) is 0 Å². The molecule has 0 radical (unpaired) electrons. The number of carbonyl (C=O) groups excluding carboxylic acids is 3. The summed E-state index contributed by atoms with van der Waals surface area (Å²) in [5, 5.41) is 5.12. The van der Waals surface area contributed by atoms with Gasteiger partial charge in [0.1, 0.15) is 17.4 Å². The summed E-state index contributed by atoms with van der Waals surface area (Å²) in [7, 11) is 0. The second-order valence-electron chi connectivity index (χ2n) is 6.48. The standard InChI is InChI=1S/C18H26N2O6/c1-6-24-15(21)11-25-14-9-7-8-13(10-14)20-16(22)12(2)19-17(23)26-18(3,4)5/h7-10,12H,6,11H2,1-5H3,(H,19,23)(H,20,22). The molecule has 1 rings (SSSR count). The monoisotopic (exact) mass is 366 g/mol. The van der Waals surface area contributed by atoms with Gasteiger partial charge in [-0.05, 0) is 46.8 Å². The Morgan fingerprint density at radius 3 is 2.50 bits per heavy atom. The van der Waals surface area contributed by atoms with E-state index in [-0.39, 0.29) is 13.2 Å². The van der Waals surface area contributed by atoms with E-state index in [1.165, 1.54) is 0 Å². The number of ether oxygens (including phenoxy) is 3. The first-order valence-electron chi connectivity index (χ1n) is 8.29. The van der Waals surface area contributed by atoms with Gasteiger partial charge >= 0.3 is 12.1 Å². The van der Waals surface area contributed by atoms with Gasteiger partial charge in [0.15, 0.2) is 6.61 Å². The normalized spacial score (nSPS) is 11.9. The second-order valence-corrected chi connectivity index (χ2v) is 6.48. The third-order valence-electron chi connectivity index (χ3n) is 2.89. The van der Waals surface area contributed by atoms with Crippen molar-refractivity contribution >= 4 is 23.7 Å². The largest absolute Gasteiger partial charge is 0.482 e. The Morgan fingerprint density at radius 2 is 1.88 bits per heavy atom. The maximum Gasteiger partial charge on any atom is 0.408 e. The van der Waals surface area contributed by atoms with Gasteiger partial charge in [-0.25, -0.2) is 9.59 Å². The summed E-state index contributed by atoms with van der Waals surface area (Å²) in [5.41, 5.74) is -0.181. The van der Waals surface area contributed by atoms with Crippen molar-refractivity contribution in [1.82, 2.24) is 5.32 Å². The van der Waals surface area contributed by atoms with E-state index in [2.05, 4.69) is 10.6 Å². The van der Waals surface area contributed by atoms with Crippen molar-refractivity contribution in [2.24, 2.45) is 0 Å². The first-order chi connectivity index (χ1) is 12.1. The average Bonchev–Trinajstić information content (AvgIpc) is 2.51. The molecule has 0 saturated carbocycles. The lowest BCUT2D eigenvalue weighted by Gasteiger charge is -2.21. The van der Waals surface area contributed by atoms with Crippen LogP contribution in [0.3, 0.4) is 0 Å². The van der Waals surface area contributed by atoms with Crippen LogP contribution in [-0.4, -0.2) is 42.8 Å². The molecular formula is C18H26N2O6. The van der Waals surface area contributed by atoms with E-state index in [1.54, 1.807) is 58.9 Å². The van der Waals surface area contributed by atoms with Gasteiger partial charge < -0.3 is 24.8 Å². The molecule has 8 nitrogen and oxygen atoms in total. The van der Waals surface area contributed by atoms with Crippen molar-refractivity contribution in [2.45, 2.75) is 46.3 Å². The van der Waals surface area contributed by atoms with Crippen LogP contribution in [0, 0.1) is 0 Å². The summed E-state index contributed by atoms with van der Waals surface area (Å²) < 4.78 is 15.2. The quantitative estimate of drug-likeness (QED) is 0.719. The zero-order valence-electron chi connectivity index (χ0n) is 15.8. The summed E-state index contributed by atoms with van der Waals surface area (Å²) in [6.45, 7) is 8.51. The topological polar surface area (TPSA) is 103 Å². The molecule has 0 spiro atoms. The summed E-state index contributed by atoms with van der Waals surface area (Å²) in [4.78, 5) is 35.2. The van der Waals surface area contributed by atoms with Crippen molar-refractivity contribution < 1.29 is 28.6 Å². The number of alkyl carbamates (subject to hydrolysis) is 1. The van der Waals surface area contributed by atoms with Gasteiger partial charge in [-0.2, -0.15) is 0 Å². The highest BCUT2D eigenvalue weighted by Crippen LogP contribution is 2.17. The van der Waals surface area contributed by atoms with Gasteiger partial charge in [0.05, 0.1) is 6.61 Å². The number of esters is 1. The Labute approximate surface area is 153 Å². The van der Waals surface area contributed by atoms with Crippen LogP contribution in [0.2, 0.25) is 0 Å². The van der Waals surface area contributed by atoms with Gasteiger partial charge in [-0.3, -0.25) is 4.79 Å². The third kappa shape index (κ3) is 8.36. The van der Waals surface area contributed by atoms with Gasteiger partial charge in [-0.15, -0.1) is 0 Å². The van der Waals surface area contributed by atoms with E-state index in [0.717, 1.165) is 0 Å². The van der Waals surface area contributed by atoms with E-state index in [9.17, 15) is 14.4 Å². The molecule has 0 bridgehead atoms. The Hall–Kier alpha value is -2.77. The van der Waals surface area contributed by atoms with Gasteiger partial charge in [0, 0.05) is 11.8 Å². The van der Waals surface area contributed by atoms with Crippen LogP contribution in [0.5, 0.6) is 5.75 Å². The maximum atomic E-state index is 12.2. The van der Waals surface area contributed by atoms with Crippen molar-refractivity contribution in [3.8, 4) is 5.75 Å². The molecule has 8 heteroatoms. The summed E-state index contributed by atoms with van der Waals surface area (Å²) >= 11 is 0. The highest BCUT2D eigenvalue weighted by Gasteiger charge is 2.21. The molecule has 1 unspecified atom stereocenters.